The van der Waals surface area contributed by atoms with Gasteiger partial charge in [-0.15, -0.1) is 11.3 Å². The van der Waals surface area contributed by atoms with E-state index in [1.165, 1.54) is 17.4 Å². The molecular weight excluding hydrogens is 324 g/mol. The van der Waals surface area contributed by atoms with Crippen LogP contribution in [0.4, 0.5) is 0 Å². The van der Waals surface area contributed by atoms with Crippen molar-refractivity contribution in [1.82, 2.24) is 10.3 Å². The van der Waals surface area contributed by atoms with Gasteiger partial charge in [0.25, 0.3) is 0 Å². The van der Waals surface area contributed by atoms with Crippen LogP contribution in [0, 0.1) is 0 Å². The maximum Gasteiger partial charge on any atom is 0.328 e. The largest absolute Gasteiger partial charge is 0.464 e. The van der Waals surface area contributed by atoms with Crippen LogP contribution >= 0.6 is 11.3 Å². The second-order valence-electron chi connectivity index (χ2n) is 5.07. The molecule has 0 unspecified atom stereocenters. The average molecular weight is 344 g/mol. The zero-order valence-electron chi connectivity index (χ0n) is 13.5. The third kappa shape index (κ3) is 5.96. The van der Waals surface area contributed by atoms with E-state index in [2.05, 4.69) is 10.3 Å². The summed E-state index contributed by atoms with van der Waals surface area (Å²) >= 11 is 1.44. The molecule has 126 valence electrons. The first-order valence-corrected chi connectivity index (χ1v) is 8.64. The van der Waals surface area contributed by atoms with Crippen LogP contribution in [0.5, 0.6) is 0 Å². The average Bonchev–Trinajstić information content (AvgIpc) is 3.11. The lowest BCUT2D eigenvalue weighted by Crippen LogP contribution is -2.41. The van der Waals surface area contributed by atoms with Gasteiger partial charge >= 0.3 is 5.97 Å². The number of carbonyl (C=O) groups is 2. The smallest absolute Gasteiger partial charge is 0.328 e. The third-order valence-electron chi connectivity index (χ3n) is 3.30. The predicted octanol–water partition coefficient (Wildman–Crippen LogP) is 2.84. The van der Waals surface area contributed by atoms with Crippen LogP contribution in [0.1, 0.15) is 23.8 Å². The van der Waals surface area contributed by atoms with Crippen molar-refractivity contribution in [1.29, 1.82) is 0 Å². The Morgan fingerprint density at radius 3 is 2.79 bits per heavy atom. The first-order valence-electron chi connectivity index (χ1n) is 7.76. The number of thiazole rings is 1. The summed E-state index contributed by atoms with van der Waals surface area (Å²) in [6.45, 7) is 2.03. The second-order valence-corrected chi connectivity index (χ2v) is 5.99. The van der Waals surface area contributed by atoms with Crippen molar-refractivity contribution in [3.8, 4) is 0 Å². The van der Waals surface area contributed by atoms with Gasteiger partial charge in [-0.05, 0) is 31.4 Å². The fourth-order valence-electron chi connectivity index (χ4n) is 2.13. The van der Waals surface area contributed by atoms with Crippen molar-refractivity contribution in [2.75, 3.05) is 6.61 Å². The summed E-state index contributed by atoms with van der Waals surface area (Å²) in [5, 5.41) is 2.72. The van der Waals surface area contributed by atoms with Crippen LogP contribution in [0.2, 0.25) is 0 Å². The lowest BCUT2D eigenvalue weighted by Gasteiger charge is -2.16. The minimum atomic E-state index is -0.663. The lowest BCUT2D eigenvalue weighted by atomic mass is 10.1. The van der Waals surface area contributed by atoms with Crippen molar-refractivity contribution >= 4 is 29.3 Å². The highest BCUT2D eigenvalue weighted by atomic mass is 32.1. The van der Waals surface area contributed by atoms with E-state index >= 15 is 0 Å². The van der Waals surface area contributed by atoms with Gasteiger partial charge in [0.1, 0.15) is 6.04 Å². The highest BCUT2D eigenvalue weighted by Gasteiger charge is 2.21. The van der Waals surface area contributed by atoms with Gasteiger partial charge in [0.2, 0.25) is 5.91 Å². The van der Waals surface area contributed by atoms with Gasteiger partial charge in [0, 0.05) is 17.2 Å². The van der Waals surface area contributed by atoms with Gasteiger partial charge in [-0.2, -0.15) is 0 Å². The van der Waals surface area contributed by atoms with Gasteiger partial charge in [0.05, 0.1) is 12.1 Å². The van der Waals surface area contributed by atoms with Crippen molar-refractivity contribution in [2.45, 2.75) is 25.8 Å². The predicted molar refractivity (Wildman–Crippen MR) is 94.5 cm³/mol. The standard InChI is InChI=1S/C18H20N2O3S/c1-2-23-18(22)16(10-8-14-6-4-3-5-7-14)20-17(21)11-9-15-12-19-13-24-15/h3-7,9,11-13,16H,2,8,10H2,1H3,(H,20,21)/b11-9-/t16-/m1/s1. The monoisotopic (exact) mass is 344 g/mol. The number of ether oxygens (including phenoxy) is 1. The van der Waals surface area contributed by atoms with Gasteiger partial charge in [0.15, 0.2) is 0 Å². The summed E-state index contributed by atoms with van der Waals surface area (Å²) in [4.78, 5) is 28.9. The molecule has 0 aliphatic carbocycles. The maximum absolute atomic E-state index is 12.1. The molecule has 0 bridgehead atoms. The molecule has 6 heteroatoms. The minimum Gasteiger partial charge on any atom is -0.464 e. The first-order chi connectivity index (χ1) is 11.7. The molecule has 24 heavy (non-hydrogen) atoms. The number of esters is 1. The molecule has 0 radical (unpaired) electrons. The van der Waals surface area contributed by atoms with Crippen LogP contribution in [-0.2, 0) is 20.7 Å². The summed E-state index contributed by atoms with van der Waals surface area (Å²) in [7, 11) is 0. The Morgan fingerprint density at radius 2 is 2.12 bits per heavy atom. The molecule has 0 aliphatic heterocycles. The molecule has 1 atom stereocenters. The SMILES string of the molecule is CCOC(=O)[C@@H](CCc1ccccc1)NC(=O)/C=C\c1cncs1. The fourth-order valence-corrected chi connectivity index (χ4v) is 2.64. The van der Waals surface area contributed by atoms with Crippen LogP contribution < -0.4 is 5.32 Å². The number of rotatable bonds is 8. The number of hydrogen-bond acceptors (Lipinski definition) is 5. The molecular formula is C18H20N2O3S. The van der Waals surface area contributed by atoms with Gasteiger partial charge in [-0.25, -0.2) is 4.79 Å². The number of benzene rings is 1. The van der Waals surface area contributed by atoms with Crippen LogP contribution in [0.15, 0.2) is 48.1 Å². The third-order valence-corrected chi connectivity index (χ3v) is 4.04. The molecule has 2 aromatic rings. The number of nitrogens with zero attached hydrogens (tertiary/aromatic N) is 1. The molecule has 5 nitrogen and oxygen atoms in total. The van der Waals surface area contributed by atoms with Crippen molar-refractivity contribution in [3.05, 3.63) is 58.6 Å². The Hall–Kier alpha value is -2.47. The summed E-state index contributed by atoms with van der Waals surface area (Å²) in [5.41, 5.74) is 2.81. The van der Waals surface area contributed by atoms with Crippen molar-refractivity contribution < 1.29 is 14.3 Å². The van der Waals surface area contributed by atoms with Crippen LogP contribution in [-0.4, -0.2) is 29.5 Å². The first kappa shape index (κ1) is 17.9. The van der Waals surface area contributed by atoms with E-state index in [1.54, 1.807) is 24.7 Å². The van der Waals surface area contributed by atoms with Gasteiger partial charge in [-0.1, -0.05) is 30.3 Å². The van der Waals surface area contributed by atoms with E-state index < -0.39 is 12.0 Å². The highest BCUT2D eigenvalue weighted by Crippen LogP contribution is 2.09. The number of hydrogen-bond donors (Lipinski definition) is 1. The number of carbonyl (C=O) groups excluding carboxylic acids is 2. The lowest BCUT2D eigenvalue weighted by molar-refractivity contribution is -0.147. The van der Waals surface area contributed by atoms with Gasteiger partial charge in [-0.3, -0.25) is 9.78 Å². The number of nitrogens with one attached hydrogen (secondary N) is 1. The Balaban J connectivity index is 1.94. The van der Waals surface area contributed by atoms with Crippen LogP contribution in [0.25, 0.3) is 6.08 Å². The second kappa shape index (κ2) is 9.62. The molecule has 1 aromatic heterocycles. The zero-order chi connectivity index (χ0) is 17.2. The van der Waals surface area contributed by atoms with Crippen molar-refractivity contribution in [2.24, 2.45) is 0 Å². The zero-order valence-corrected chi connectivity index (χ0v) is 14.3. The topological polar surface area (TPSA) is 68.3 Å². The molecule has 0 saturated carbocycles. The summed E-state index contributed by atoms with van der Waals surface area (Å²) in [6, 6.07) is 9.17. The Kier molecular flexibility index (Phi) is 7.17. The Labute approximate surface area is 145 Å². The number of aryl methyl sites for hydroxylation is 1. The van der Waals surface area contributed by atoms with Crippen LogP contribution in [0.3, 0.4) is 0 Å². The summed E-state index contributed by atoms with van der Waals surface area (Å²) < 4.78 is 5.06. The molecule has 1 amide bonds. The molecule has 2 rings (SSSR count). The molecule has 0 spiro atoms. The van der Waals surface area contributed by atoms with Gasteiger partial charge < -0.3 is 10.1 Å². The minimum absolute atomic E-state index is 0.285. The molecule has 1 N–H and O–H groups in total. The number of aromatic nitrogens is 1. The molecule has 0 fully saturated rings. The normalized spacial score (nSPS) is 12.0. The number of amides is 1. The molecule has 1 aromatic carbocycles. The van der Waals surface area contributed by atoms with E-state index in [4.69, 9.17) is 4.74 Å². The molecule has 0 saturated heterocycles. The molecule has 1 heterocycles. The van der Waals surface area contributed by atoms with E-state index in [0.29, 0.717) is 12.8 Å². The Bertz CT molecular complexity index is 669. The van der Waals surface area contributed by atoms with Crippen molar-refractivity contribution in [3.63, 3.8) is 0 Å². The highest BCUT2D eigenvalue weighted by molar-refractivity contribution is 7.10. The summed E-state index contributed by atoms with van der Waals surface area (Å²) in [5.74, 6) is -0.734. The van der Waals surface area contributed by atoms with E-state index in [1.807, 2.05) is 30.3 Å². The quantitative estimate of drug-likeness (QED) is 0.591. The van der Waals surface area contributed by atoms with E-state index in [9.17, 15) is 9.59 Å². The fraction of sp³-hybridized carbons (Fsp3) is 0.278. The molecule has 0 aliphatic rings. The van der Waals surface area contributed by atoms with E-state index in [0.717, 1.165) is 10.4 Å². The maximum atomic E-state index is 12.1. The van der Waals surface area contributed by atoms with E-state index in [-0.39, 0.29) is 12.5 Å². The Morgan fingerprint density at radius 1 is 1.33 bits per heavy atom. The summed E-state index contributed by atoms with van der Waals surface area (Å²) in [6.07, 6.45) is 5.92.